The molecule has 1 aliphatic rings. The summed E-state index contributed by atoms with van der Waals surface area (Å²) in [5, 5.41) is 6.63. The minimum Gasteiger partial charge on any atom is -0.369 e. The second kappa shape index (κ2) is 8.29. The van der Waals surface area contributed by atoms with E-state index in [1.54, 1.807) is 23.5 Å². The molecule has 1 saturated heterocycles. The van der Waals surface area contributed by atoms with Crippen LogP contribution in [-0.2, 0) is 17.9 Å². The van der Waals surface area contributed by atoms with Crippen LogP contribution in [0.1, 0.15) is 34.5 Å². The van der Waals surface area contributed by atoms with Gasteiger partial charge in [0.2, 0.25) is 5.91 Å². The van der Waals surface area contributed by atoms with Crippen LogP contribution in [0.4, 0.5) is 0 Å². The van der Waals surface area contributed by atoms with Gasteiger partial charge in [0.05, 0.1) is 5.92 Å². The van der Waals surface area contributed by atoms with Crippen molar-refractivity contribution in [1.82, 2.24) is 15.2 Å². The van der Waals surface area contributed by atoms with Crippen LogP contribution in [0.3, 0.4) is 0 Å². The molecule has 1 aliphatic heterocycles. The van der Waals surface area contributed by atoms with Gasteiger partial charge >= 0.3 is 0 Å². The Balaban J connectivity index is 1.61. The molecular weight excluding hydrogens is 352 g/mol. The molecule has 2 amide bonds. The quantitative estimate of drug-likeness (QED) is 0.702. The molecule has 0 saturated carbocycles. The summed E-state index contributed by atoms with van der Waals surface area (Å²) >= 11 is 1.56. The molecule has 3 heterocycles. The molecule has 1 unspecified atom stereocenters. The number of nitrogens with one attached hydrogen (secondary N) is 2. The maximum Gasteiger partial charge on any atom is 0.261 e. The highest BCUT2D eigenvalue weighted by atomic mass is 32.1. The molecule has 1 atom stereocenters. The maximum atomic E-state index is 12.3. The third-order valence-electron chi connectivity index (χ3n) is 4.55. The van der Waals surface area contributed by atoms with Gasteiger partial charge in [-0.3, -0.25) is 19.3 Å². The van der Waals surface area contributed by atoms with Crippen LogP contribution in [0.5, 0.6) is 0 Å². The SMILES string of the molecule is NC(=O)C1CCCN(Cc2ccc(C(=O)NCc3ccsc3)c(=O)[nH]2)C1. The third kappa shape index (κ3) is 4.59. The number of aromatic nitrogens is 1. The summed E-state index contributed by atoms with van der Waals surface area (Å²) < 4.78 is 0. The lowest BCUT2D eigenvalue weighted by Gasteiger charge is -2.30. The molecule has 26 heavy (non-hydrogen) atoms. The van der Waals surface area contributed by atoms with Crippen molar-refractivity contribution in [2.75, 3.05) is 13.1 Å². The Morgan fingerprint density at radius 1 is 1.35 bits per heavy atom. The molecule has 4 N–H and O–H groups in total. The predicted molar refractivity (Wildman–Crippen MR) is 99.7 cm³/mol. The van der Waals surface area contributed by atoms with Gasteiger partial charge in [-0.05, 0) is 53.9 Å². The van der Waals surface area contributed by atoms with Crippen molar-refractivity contribution >= 4 is 23.2 Å². The van der Waals surface area contributed by atoms with Crippen molar-refractivity contribution in [3.8, 4) is 0 Å². The molecule has 0 spiro atoms. The molecule has 2 aromatic heterocycles. The molecule has 7 nitrogen and oxygen atoms in total. The summed E-state index contributed by atoms with van der Waals surface area (Å²) in [7, 11) is 0. The number of carbonyl (C=O) groups is 2. The first-order chi connectivity index (χ1) is 12.5. The van der Waals surface area contributed by atoms with Gasteiger partial charge in [0.25, 0.3) is 11.5 Å². The summed E-state index contributed by atoms with van der Waals surface area (Å²) in [6, 6.07) is 5.22. The third-order valence-corrected chi connectivity index (χ3v) is 5.28. The van der Waals surface area contributed by atoms with Crippen LogP contribution in [0, 0.1) is 5.92 Å². The molecular formula is C18H22N4O3S. The maximum absolute atomic E-state index is 12.3. The molecule has 0 radical (unpaired) electrons. The van der Waals surface area contributed by atoms with Gasteiger partial charge in [-0.1, -0.05) is 0 Å². The number of H-pyrrole nitrogens is 1. The van der Waals surface area contributed by atoms with E-state index < -0.39 is 11.5 Å². The van der Waals surface area contributed by atoms with Crippen LogP contribution < -0.4 is 16.6 Å². The van der Waals surface area contributed by atoms with E-state index in [0.717, 1.165) is 30.6 Å². The van der Waals surface area contributed by atoms with E-state index in [0.29, 0.717) is 19.6 Å². The molecule has 0 aromatic carbocycles. The number of primary amides is 1. The fourth-order valence-electron chi connectivity index (χ4n) is 3.13. The zero-order valence-corrected chi connectivity index (χ0v) is 15.2. The van der Waals surface area contributed by atoms with Gasteiger partial charge in [-0.25, -0.2) is 0 Å². The first-order valence-corrected chi connectivity index (χ1v) is 9.50. The zero-order chi connectivity index (χ0) is 18.5. The molecule has 1 fully saturated rings. The van der Waals surface area contributed by atoms with Crippen LogP contribution in [0.25, 0.3) is 0 Å². The molecule has 3 rings (SSSR count). The van der Waals surface area contributed by atoms with Gasteiger partial charge < -0.3 is 16.0 Å². The minimum atomic E-state index is -0.409. The Hall–Kier alpha value is -2.45. The number of nitrogens with two attached hydrogens (primary N) is 1. The van der Waals surface area contributed by atoms with Crippen molar-refractivity contribution < 1.29 is 9.59 Å². The van der Waals surface area contributed by atoms with Gasteiger partial charge in [0, 0.05) is 25.3 Å². The van der Waals surface area contributed by atoms with Crippen molar-refractivity contribution in [3.63, 3.8) is 0 Å². The number of aromatic amines is 1. The average molecular weight is 374 g/mol. The largest absolute Gasteiger partial charge is 0.369 e. The van der Waals surface area contributed by atoms with Crippen molar-refractivity contribution in [2.24, 2.45) is 11.7 Å². The van der Waals surface area contributed by atoms with E-state index in [9.17, 15) is 14.4 Å². The monoisotopic (exact) mass is 374 g/mol. The van der Waals surface area contributed by atoms with Crippen LogP contribution in [-0.4, -0.2) is 34.8 Å². The number of amides is 2. The van der Waals surface area contributed by atoms with Crippen molar-refractivity contribution in [3.05, 3.63) is 56.1 Å². The molecule has 0 bridgehead atoms. The lowest BCUT2D eigenvalue weighted by Crippen LogP contribution is -2.41. The fourth-order valence-corrected chi connectivity index (χ4v) is 3.80. The average Bonchev–Trinajstić information content (AvgIpc) is 3.13. The van der Waals surface area contributed by atoms with E-state index in [2.05, 4.69) is 15.2 Å². The number of rotatable bonds is 6. The van der Waals surface area contributed by atoms with Crippen LogP contribution in [0.2, 0.25) is 0 Å². The van der Waals surface area contributed by atoms with Crippen molar-refractivity contribution in [1.29, 1.82) is 0 Å². The first kappa shape index (κ1) is 18.3. The standard InChI is InChI=1S/C18H22N4O3S/c19-16(23)13-2-1-6-22(9-13)10-14-3-4-15(18(25)21-14)17(24)20-8-12-5-7-26-11-12/h3-5,7,11,13H,1-2,6,8-10H2,(H2,19,23)(H,20,24)(H,21,25). The predicted octanol–water partition coefficient (Wildman–Crippen LogP) is 1.06. The highest BCUT2D eigenvalue weighted by molar-refractivity contribution is 7.07. The van der Waals surface area contributed by atoms with Gasteiger partial charge in [-0.2, -0.15) is 11.3 Å². The van der Waals surface area contributed by atoms with E-state index in [4.69, 9.17) is 5.73 Å². The number of carbonyl (C=O) groups excluding carboxylic acids is 2. The summed E-state index contributed by atoms with van der Waals surface area (Å²) in [6.07, 6.45) is 1.71. The molecule has 2 aromatic rings. The minimum absolute atomic E-state index is 0.0950. The molecule has 138 valence electrons. The first-order valence-electron chi connectivity index (χ1n) is 8.56. The molecule has 0 aliphatic carbocycles. The molecule has 8 heteroatoms. The summed E-state index contributed by atoms with van der Waals surface area (Å²) in [4.78, 5) is 40.7. The van der Waals surface area contributed by atoms with Gasteiger partial charge in [-0.15, -0.1) is 0 Å². The Morgan fingerprint density at radius 3 is 2.88 bits per heavy atom. The van der Waals surface area contributed by atoms with E-state index in [-0.39, 0.29) is 17.4 Å². The fraction of sp³-hybridized carbons (Fsp3) is 0.389. The smallest absolute Gasteiger partial charge is 0.261 e. The number of hydrogen-bond donors (Lipinski definition) is 3. The lowest BCUT2D eigenvalue weighted by atomic mass is 9.97. The topological polar surface area (TPSA) is 108 Å². The van der Waals surface area contributed by atoms with E-state index in [1.165, 1.54) is 0 Å². The summed E-state index contributed by atoms with van der Waals surface area (Å²) in [5.41, 5.74) is 6.81. The second-order valence-corrected chi connectivity index (χ2v) is 7.30. The second-order valence-electron chi connectivity index (χ2n) is 6.52. The number of hydrogen-bond acceptors (Lipinski definition) is 5. The number of likely N-dealkylation sites (tertiary alicyclic amines) is 1. The normalized spacial score (nSPS) is 17.8. The van der Waals surface area contributed by atoms with Gasteiger partial charge in [0.1, 0.15) is 5.56 Å². The Labute approximate surface area is 155 Å². The number of thiophene rings is 1. The number of nitrogens with zero attached hydrogens (tertiary/aromatic N) is 1. The number of piperidine rings is 1. The Bertz CT molecular complexity index is 831. The van der Waals surface area contributed by atoms with Crippen LogP contribution in [0.15, 0.2) is 33.8 Å². The Morgan fingerprint density at radius 2 is 2.19 bits per heavy atom. The summed E-state index contributed by atoms with van der Waals surface area (Å²) in [6.45, 7) is 2.37. The Kier molecular flexibility index (Phi) is 5.85. The van der Waals surface area contributed by atoms with E-state index in [1.807, 2.05) is 16.8 Å². The van der Waals surface area contributed by atoms with Crippen molar-refractivity contribution in [2.45, 2.75) is 25.9 Å². The lowest BCUT2D eigenvalue weighted by molar-refractivity contribution is -0.123. The summed E-state index contributed by atoms with van der Waals surface area (Å²) in [5.74, 6) is -0.811. The highest BCUT2D eigenvalue weighted by Crippen LogP contribution is 2.17. The number of pyridine rings is 1. The zero-order valence-electron chi connectivity index (χ0n) is 14.4. The highest BCUT2D eigenvalue weighted by Gasteiger charge is 2.24. The van der Waals surface area contributed by atoms with E-state index >= 15 is 0 Å². The van der Waals surface area contributed by atoms with Gasteiger partial charge in [0.15, 0.2) is 0 Å². The van der Waals surface area contributed by atoms with Crippen LogP contribution >= 0.6 is 11.3 Å².